The number of fused-ring (bicyclic) bond motifs is 1. The molecule has 140 valence electrons. The number of hydrogen-bond donors (Lipinski definition) is 1. The highest BCUT2D eigenvalue weighted by molar-refractivity contribution is 6.21. The van der Waals surface area contributed by atoms with Gasteiger partial charge in [0.05, 0.1) is 17.7 Å². The van der Waals surface area contributed by atoms with E-state index in [9.17, 15) is 18.8 Å². The van der Waals surface area contributed by atoms with Crippen LogP contribution in [0.2, 0.25) is 0 Å². The van der Waals surface area contributed by atoms with Gasteiger partial charge in [-0.3, -0.25) is 19.3 Å². The van der Waals surface area contributed by atoms with Crippen LogP contribution in [0.3, 0.4) is 0 Å². The molecule has 3 rings (SSSR count). The topological polar surface area (TPSA) is 75.7 Å². The van der Waals surface area contributed by atoms with Crippen molar-refractivity contribution < 1.29 is 23.5 Å². The second kappa shape index (κ2) is 8.44. The van der Waals surface area contributed by atoms with Crippen molar-refractivity contribution in [3.05, 3.63) is 65.5 Å². The van der Waals surface area contributed by atoms with Gasteiger partial charge in [-0.05, 0) is 30.7 Å². The zero-order chi connectivity index (χ0) is 19.2. The summed E-state index contributed by atoms with van der Waals surface area (Å²) in [5.74, 6) is -1.27. The zero-order valence-corrected chi connectivity index (χ0v) is 14.6. The second-order valence-corrected chi connectivity index (χ2v) is 6.04. The number of ether oxygens (including phenoxy) is 1. The molecule has 0 spiro atoms. The van der Waals surface area contributed by atoms with Crippen molar-refractivity contribution in [3.8, 4) is 5.75 Å². The number of benzene rings is 2. The van der Waals surface area contributed by atoms with Crippen molar-refractivity contribution >= 4 is 17.7 Å². The lowest BCUT2D eigenvalue weighted by atomic mass is 10.1. The first kappa shape index (κ1) is 18.6. The molecule has 0 atom stereocenters. The molecule has 0 bridgehead atoms. The van der Waals surface area contributed by atoms with E-state index in [-0.39, 0.29) is 43.0 Å². The van der Waals surface area contributed by atoms with Crippen molar-refractivity contribution in [1.29, 1.82) is 0 Å². The van der Waals surface area contributed by atoms with Crippen LogP contribution in [0.4, 0.5) is 4.39 Å². The van der Waals surface area contributed by atoms with E-state index < -0.39 is 5.82 Å². The van der Waals surface area contributed by atoms with Gasteiger partial charge in [0.1, 0.15) is 0 Å². The van der Waals surface area contributed by atoms with Crippen LogP contribution in [0.15, 0.2) is 48.5 Å². The molecule has 0 unspecified atom stereocenters. The number of nitrogens with zero attached hydrogens (tertiary/aromatic N) is 1. The number of imide groups is 1. The molecule has 0 aromatic heterocycles. The number of hydrogen-bond acceptors (Lipinski definition) is 4. The molecule has 2 aromatic rings. The second-order valence-electron chi connectivity index (χ2n) is 6.04. The number of nitrogens with one attached hydrogen (secondary N) is 1. The number of rotatable bonds is 8. The summed E-state index contributed by atoms with van der Waals surface area (Å²) in [5.41, 5.74) is 0.737. The van der Waals surface area contributed by atoms with Crippen LogP contribution < -0.4 is 10.1 Å². The van der Waals surface area contributed by atoms with Gasteiger partial charge in [0.15, 0.2) is 11.6 Å². The third-order valence-corrected chi connectivity index (χ3v) is 4.18. The summed E-state index contributed by atoms with van der Waals surface area (Å²) in [4.78, 5) is 37.4. The van der Waals surface area contributed by atoms with Crippen LogP contribution in [0.5, 0.6) is 5.75 Å². The van der Waals surface area contributed by atoms with Gasteiger partial charge in [-0.2, -0.15) is 0 Å². The van der Waals surface area contributed by atoms with Crippen LogP contribution in [0.1, 0.15) is 33.6 Å². The van der Waals surface area contributed by atoms with Crippen molar-refractivity contribution in [2.75, 3.05) is 19.7 Å². The molecule has 0 saturated carbocycles. The molecule has 2 aromatic carbocycles. The third kappa shape index (κ3) is 4.31. The molecule has 3 amide bonds. The standard InChI is InChI=1S/C20H19FN2O4/c21-16-8-3-4-9-17(16)27-13-5-11-22-18(24)10-12-23-19(25)14-6-1-2-7-15(14)20(23)26/h1-4,6-9H,5,10-13H2,(H,22,24). The van der Waals surface area contributed by atoms with E-state index in [1.54, 1.807) is 36.4 Å². The summed E-state index contributed by atoms with van der Waals surface area (Å²) in [6.07, 6.45) is 0.534. The van der Waals surface area contributed by atoms with Crippen molar-refractivity contribution in [2.24, 2.45) is 0 Å². The predicted octanol–water partition coefficient (Wildman–Crippen LogP) is 2.40. The maximum atomic E-state index is 13.4. The Labute approximate surface area is 155 Å². The fraction of sp³-hybridized carbons (Fsp3) is 0.250. The molecular formula is C20H19FN2O4. The summed E-state index contributed by atoms with van der Waals surface area (Å²) in [6, 6.07) is 12.7. The van der Waals surface area contributed by atoms with Crippen LogP contribution >= 0.6 is 0 Å². The fourth-order valence-corrected chi connectivity index (χ4v) is 2.79. The Morgan fingerprint density at radius 2 is 1.63 bits per heavy atom. The SMILES string of the molecule is O=C(CCN1C(=O)c2ccccc2C1=O)NCCCOc1ccccc1F. The molecule has 0 radical (unpaired) electrons. The van der Waals surface area contributed by atoms with E-state index >= 15 is 0 Å². The van der Waals surface area contributed by atoms with Gasteiger partial charge in [0.25, 0.3) is 11.8 Å². The molecule has 0 aliphatic carbocycles. The number of carbonyl (C=O) groups is 3. The lowest BCUT2D eigenvalue weighted by molar-refractivity contribution is -0.121. The monoisotopic (exact) mass is 370 g/mol. The molecular weight excluding hydrogens is 351 g/mol. The summed E-state index contributed by atoms with van der Waals surface area (Å²) in [6.45, 7) is 0.652. The van der Waals surface area contributed by atoms with E-state index in [1.165, 1.54) is 12.1 Å². The molecule has 1 N–H and O–H groups in total. The summed E-state index contributed by atoms with van der Waals surface area (Å²) < 4.78 is 18.7. The largest absolute Gasteiger partial charge is 0.490 e. The fourth-order valence-electron chi connectivity index (χ4n) is 2.79. The lowest BCUT2D eigenvalue weighted by Gasteiger charge is -2.13. The first-order chi connectivity index (χ1) is 13.1. The quantitative estimate of drug-likeness (QED) is 0.572. The van der Waals surface area contributed by atoms with Crippen molar-refractivity contribution in [3.63, 3.8) is 0 Å². The summed E-state index contributed by atoms with van der Waals surface area (Å²) in [5, 5.41) is 2.70. The van der Waals surface area contributed by atoms with Crippen LogP contribution in [-0.4, -0.2) is 42.3 Å². The predicted molar refractivity (Wildman–Crippen MR) is 95.9 cm³/mol. The van der Waals surface area contributed by atoms with E-state index in [1.807, 2.05) is 0 Å². The number of amides is 3. The van der Waals surface area contributed by atoms with E-state index in [0.29, 0.717) is 24.1 Å². The zero-order valence-electron chi connectivity index (χ0n) is 14.6. The Balaban J connectivity index is 1.36. The molecule has 7 heteroatoms. The highest BCUT2D eigenvalue weighted by atomic mass is 19.1. The van der Waals surface area contributed by atoms with Gasteiger partial charge in [0.2, 0.25) is 5.91 Å². The van der Waals surface area contributed by atoms with Gasteiger partial charge >= 0.3 is 0 Å². The van der Waals surface area contributed by atoms with Crippen LogP contribution in [0.25, 0.3) is 0 Å². The highest BCUT2D eigenvalue weighted by Crippen LogP contribution is 2.22. The molecule has 6 nitrogen and oxygen atoms in total. The Morgan fingerprint density at radius 3 is 2.30 bits per heavy atom. The van der Waals surface area contributed by atoms with E-state index in [4.69, 9.17) is 4.74 Å². The molecule has 0 fully saturated rings. The minimum absolute atomic E-state index is 0.0274. The van der Waals surface area contributed by atoms with Gasteiger partial charge in [-0.25, -0.2) is 4.39 Å². The summed E-state index contributed by atoms with van der Waals surface area (Å²) >= 11 is 0. The smallest absolute Gasteiger partial charge is 0.261 e. The molecule has 1 aliphatic heterocycles. The minimum Gasteiger partial charge on any atom is -0.490 e. The molecule has 27 heavy (non-hydrogen) atoms. The van der Waals surface area contributed by atoms with E-state index in [0.717, 1.165) is 4.90 Å². The molecule has 0 saturated heterocycles. The molecule has 1 heterocycles. The van der Waals surface area contributed by atoms with Crippen molar-refractivity contribution in [2.45, 2.75) is 12.8 Å². The molecule has 1 aliphatic rings. The van der Waals surface area contributed by atoms with E-state index in [2.05, 4.69) is 5.32 Å². The van der Waals surface area contributed by atoms with Gasteiger partial charge in [-0.1, -0.05) is 24.3 Å². The van der Waals surface area contributed by atoms with Crippen LogP contribution in [-0.2, 0) is 4.79 Å². The van der Waals surface area contributed by atoms with Gasteiger partial charge < -0.3 is 10.1 Å². The first-order valence-corrected chi connectivity index (χ1v) is 8.67. The summed E-state index contributed by atoms with van der Waals surface area (Å²) in [7, 11) is 0. The lowest BCUT2D eigenvalue weighted by Crippen LogP contribution is -2.35. The maximum absolute atomic E-state index is 13.4. The number of carbonyl (C=O) groups excluding carboxylic acids is 3. The van der Waals surface area contributed by atoms with Crippen LogP contribution in [0, 0.1) is 5.82 Å². The first-order valence-electron chi connectivity index (χ1n) is 8.67. The maximum Gasteiger partial charge on any atom is 0.261 e. The average molecular weight is 370 g/mol. The Bertz CT molecular complexity index is 834. The minimum atomic E-state index is -0.428. The normalized spacial score (nSPS) is 12.9. The Kier molecular flexibility index (Phi) is 5.80. The van der Waals surface area contributed by atoms with Gasteiger partial charge in [0, 0.05) is 19.5 Å². The highest BCUT2D eigenvalue weighted by Gasteiger charge is 2.34. The number of halogens is 1. The van der Waals surface area contributed by atoms with Crippen molar-refractivity contribution in [1.82, 2.24) is 10.2 Å². The average Bonchev–Trinajstić information content (AvgIpc) is 2.92. The van der Waals surface area contributed by atoms with Gasteiger partial charge in [-0.15, -0.1) is 0 Å². The third-order valence-electron chi connectivity index (χ3n) is 4.18. The number of para-hydroxylation sites is 1. The Morgan fingerprint density at radius 1 is 1.00 bits per heavy atom. The Hall–Kier alpha value is -3.22.